The van der Waals surface area contributed by atoms with E-state index in [1.165, 1.54) is 6.07 Å². The van der Waals surface area contributed by atoms with Crippen LogP contribution in [0.2, 0.25) is 0 Å². The minimum atomic E-state index is -0.725. The number of pyridine rings is 1. The third-order valence-corrected chi connectivity index (χ3v) is 2.65. The normalized spacial score (nSPS) is 10.2. The lowest BCUT2D eigenvalue weighted by Gasteiger charge is -2.21. The molecule has 0 aromatic carbocycles. The summed E-state index contributed by atoms with van der Waals surface area (Å²) >= 11 is 0. The fourth-order valence-corrected chi connectivity index (χ4v) is 1.84. The summed E-state index contributed by atoms with van der Waals surface area (Å²) in [6.07, 6.45) is 3.88. The number of amides is 2. The Morgan fingerprint density at radius 2 is 1.74 bits per heavy atom. The van der Waals surface area contributed by atoms with E-state index in [1.807, 2.05) is 13.8 Å². The number of nitrogens with two attached hydrogens (primary N) is 1. The largest absolute Gasteiger partial charge is 0.619 e. The summed E-state index contributed by atoms with van der Waals surface area (Å²) in [5, 5.41) is 11.4. The van der Waals surface area contributed by atoms with Crippen molar-refractivity contribution in [1.82, 2.24) is 4.90 Å². The summed E-state index contributed by atoms with van der Waals surface area (Å²) in [7, 11) is 0. The Balaban J connectivity index is 3.06. The van der Waals surface area contributed by atoms with Gasteiger partial charge in [0.15, 0.2) is 12.4 Å². The summed E-state index contributed by atoms with van der Waals surface area (Å²) < 4.78 is 0.434. The van der Waals surface area contributed by atoms with E-state index < -0.39 is 5.91 Å². The summed E-state index contributed by atoms with van der Waals surface area (Å²) in [4.78, 5) is 25.0. The fraction of sp³-hybridized carbons (Fsp3) is 0.462. The minimum Gasteiger partial charge on any atom is -0.619 e. The van der Waals surface area contributed by atoms with Gasteiger partial charge in [-0.1, -0.05) is 13.8 Å². The maximum absolute atomic E-state index is 12.3. The first kappa shape index (κ1) is 14.9. The quantitative estimate of drug-likeness (QED) is 0.605. The molecule has 0 atom stereocenters. The van der Waals surface area contributed by atoms with Gasteiger partial charge in [-0.25, -0.2) is 0 Å². The molecule has 1 rings (SSSR count). The van der Waals surface area contributed by atoms with Gasteiger partial charge in [0, 0.05) is 13.1 Å². The number of primary amides is 1. The lowest BCUT2D eigenvalue weighted by molar-refractivity contribution is -0.605. The van der Waals surface area contributed by atoms with Crippen LogP contribution in [0.4, 0.5) is 0 Å². The van der Waals surface area contributed by atoms with Crippen molar-refractivity contribution >= 4 is 11.8 Å². The fourth-order valence-electron chi connectivity index (χ4n) is 1.84. The van der Waals surface area contributed by atoms with Gasteiger partial charge in [-0.05, 0) is 18.9 Å². The number of carbonyl (C=O) groups is 2. The summed E-state index contributed by atoms with van der Waals surface area (Å²) in [6.45, 7) is 5.19. The lowest BCUT2D eigenvalue weighted by atomic mass is 10.1. The molecule has 1 aromatic heterocycles. The van der Waals surface area contributed by atoms with Crippen LogP contribution >= 0.6 is 0 Å². The van der Waals surface area contributed by atoms with Crippen molar-refractivity contribution in [3.8, 4) is 0 Å². The molecule has 6 nitrogen and oxygen atoms in total. The second-order valence-corrected chi connectivity index (χ2v) is 4.33. The highest BCUT2D eigenvalue weighted by Gasteiger charge is 2.19. The maximum Gasteiger partial charge on any atom is 0.259 e. The number of aromatic nitrogens is 1. The molecule has 0 saturated carbocycles. The van der Waals surface area contributed by atoms with Crippen LogP contribution in [0.5, 0.6) is 0 Å². The predicted molar refractivity (Wildman–Crippen MR) is 70.4 cm³/mol. The van der Waals surface area contributed by atoms with Crippen molar-refractivity contribution < 1.29 is 14.3 Å². The molecular weight excluding hydrogens is 246 g/mol. The molecule has 0 fully saturated rings. The van der Waals surface area contributed by atoms with Crippen molar-refractivity contribution in [1.29, 1.82) is 0 Å². The van der Waals surface area contributed by atoms with Gasteiger partial charge < -0.3 is 15.8 Å². The SMILES string of the molecule is CCCN(CCC)C(=O)c1cc(C(N)=O)c[n+]([O-])c1. The van der Waals surface area contributed by atoms with E-state index in [0.29, 0.717) is 17.8 Å². The molecular formula is C13H19N3O3. The van der Waals surface area contributed by atoms with Crippen LogP contribution in [0.1, 0.15) is 47.4 Å². The zero-order valence-electron chi connectivity index (χ0n) is 11.3. The highest BCUT2D eigenvalue weighted by molar-refractivity contribution is 5.98. The smallest absolute Gasteiger partial charge is 0.259 e. The highest BCUT2D eigenvalue weighted by atomic mass is 16.5. The van der Waals surface area contributed by atoms with Gasteiger partial charge in [0.05, 0.1) is 0 Å². The second kappa shape index (κ2) is 6.72. The summed E-state index contributed by atoms with van der Waals surface area (Å²) in [5.74, 6) is -0.979. The molecule has 2 N–H and O–H groups in total. The first-order valence-electron chi connectivity index (χ1n) is 6.32. The van der Waals surface area contributed by atoms with Crippen molar-refractivity contribution in [2.24, 2.45) is 5.73 Å². The zero-order valence-corrected chi connectivity index (χ0v) is 11.3. The van der Waals surface area contributed by atoms with Crippen LogP contribution in [-0.4, -0.2) is 29.8 Å². The van der Waals surface area contributed by atoms with Crippen LogP contribution in [0.15, 0.2) is 18.5 Å². The Labute approximate surface area is 112 Å². The molecule has 19 heavy (non-hydrogen) atoms. The van der Waals surface area contributed by atoms with E-state index in [0.717, 1.165) is 25.2 Å². The standard InChI is InChI=1S/C13H19N3O3/c1-3-5-15(6-4-2)13(18)11-7-10(12(14)17)8-16(19)9-11/h7-9H,3-6H2,1-2H3,(H2,14,17). The van der Waals surface area contributed by atoms with Gasteiger partial charge in [0.2, 0.25) is 0 Å². The van der Waals surface area contributed by atoms with Crippen LogP contribution in [0, 0.1) is 5.21 Å². The Kier molecular flexibility index (Phi) is 5.29. The van der Waals surface area contributed by atoms with E-state index >= 15 is 0 Å². The topological polar surface area (TPSA) is 90.3 Å². The van der Waals surface area contributed by atoms with Crippen LogP contribution in [-0.2, 0) is 0 Å². The van der Waals surface area contributed by atoms with Gasteiger partial charge in [0.1, 0.15) is 11.1 Å². The predicted octanol–water partition coefficient (Wildman–Crippen LogP) is 0.681. The maximum atomic E-state index is 12.3. The molecule has 0 unspecified atom stereocenters. The average Bonchev–Trinajstić information content (AvgIpc) is 2.37. The molecule has 0 aliphatic heterocycles. The number of nitrogens with zero attached hydrogens (tertiary/aromatic N) is 2. The molecule has 6 heteroatoms. The van der Waals surface area contributed by atoms with Gasteiger partial charge >= 0.3 is 0 Å². The molecule has 0 spiro atoms. The first-order chi connectivity index (χ1) is 8.99. The average molecular weight is 265 g/mol. The number of hydrogen-bond acceptors (Lipinski definition) is 3. The first-order valence-corrected chi connectivity index (χ1v) is 6.32. The molecule has 2 amide bonds. The number of rotatable bonds is 6. The van der Waals surface area contributed by atoms with Crippen LogP contribution in [0.25, 0.3) is 0 Å². The van der Waals surface area contributed by atoms with E-state index in [4.69, 9.17) is 5.73 Å². The molecule has 0 aliphatic carbocycles. The van der Waals surface area contributed by atoms with Crippen molar-refractivity contribution in [2.75, 3.05) is 13.1 Å². The number of carbonyl (C=O) groups excluding carboxylic acids is 2. The number of hydrogen-bond donors (Lipinski definition) is 1. The monoisotopic (exact) mass is 265 g/mol. The zero-order chi connectivity index (χ0) is 14.4. The van der Waals surface area contributed by atoms with Gasteiger partial charge in [-0.3, -0.25) is 9.59 Å². The van der Waals surface area contributed by atoms with Gasteiger partial charge in [-0.15, -0.1) is 0 Å². The van der Waals surface area contributed by atoms with E-state index in [9.17, 15) is 14.8 Å². The van der Waals surface area contributed by atoms with Crippen LogP contribution < -0.4 is 10.5 Å². The highest BCUT2D eigenvalue weighted by Crippen LogP contribution is 2.07. The second-order valence-electron chi connectivity index (χ2n) is 4.33. The van der Waals surface area contributed by atoms with Gasteiger partial charge in [0.25, 0.3) is 11.8 Å². The van der Waals surface area contributed by atoms with Crippen molar-refractivity contribution in [3.63, 3.8) is 0 Å². The molecule has 0 radical (unpaired) electrons. The summed E-state index contributed by atoms with van der Waals surface area (Å²) in [6, 6.07) is 1.36. The molecule has 1 heterocycles. The third kappa shape index (κ3) is 3.94. The molecule has 0 aliphatic rings. The third-order valence-electron chi connectivity index (χ3n) is 2.65. The Hall–Kier alpha value is -2.11. The molecule has 0 saturated heterocycles. The lowest BCUT2D eigenvalue weighted by Crippen LogP contribution is -2.36. The molecule has 0 bridgehead atoms. The van der Waals surface area contributed by atoms with Crippen LogP contribution in [0.3, 0.4) is 0 Å². The van der Waals surface area contributed by atoms with E-state index in [-0.39, 0.29) is 17.0 Å². The van der Waals surface area contributed by atoms with E-state index in [1.54, 1.807) is 4.90 Å². The molecule has 1 aromatic rings. The van der Waals surface area contributed by atoms with E-state index in [2.05, 4.69) is 0 Å². The minimum absolute atomic E-state index is 0.0359. The van der Waals surface area contributed by atoms with Crippen molar-refractivity contribution in [2.45, 2.75) is 26.7 Å². The van der Waals surface area contributed by atoms with Gasteiger partial charge in [-0.2, -0.15) is 4.73 Å². The van der Waals surface area contributed by atoms with Crippen molar-refractivity contribution in [3.05, 3.63) is 34.8 Å². The Bertz CT molecular complexity index is 468. The Morgan fingerprint density at radius 1 is 1.21 bits per heavy atom. The molecule has 104 valence electrons. The summed E-state index contributed by atoms with van der Waals surface area (Å²) in [5.41, 5.74) is 5.35. The Morgan fingerprint density at radius 3 is 2.21 bits per heavy atom.